The van der Waals surface area contributed by atoms with Gasteiger partial charge in [-0.1, -0.05) is 41.5 Å². The third-order valence-corrected chi connectivity index (χ3v) is 11.9. The number of rotatable bonds is 8. The summed E-state index contributed by atoms with van der Waals surface area (Å²) in [5, 5.41) is 2.71. The zero-order valence-electron chi connectivity index (χ0n) is 19.7. The molecule has 0 spiro atoms. The summed E-state index contributed by atoms with van der Waals surface area (Å²) >= 11 is 0. The highest BCUT2D eigenvalue weighted by Crippen LogP contribution is 2.44. The fourth-order valence-electron chi connectivity index (χ4n) is 4.60. The molecular formula is C21H39NO6Si. The Labute approximate surface area is 176 Å². The Hall–Kier alpha value is -1.41. The highest BCUT2D eigenvalue weighted by Gasteiger charge is 2.60. The van der Waals surface area contributed by atoms with E-state index in [1.54, 1.807) is 20.8 Å². The molecule has 0 saturated heterocycles. The van der Waals surface area contributed by atoms with E-state index in [9.17, 15) is 14.4 Å². The number of amides is 1. The van der Waals surface area contributed by atoms with E-state index < -0.39 is 37.4 Å². The maximum Gasteiger partial charge on any atom is 0.408 e. The molecule has 1 unspecified atom stereocenters. The highest BCUT2D eigenvalue weighted by atomic mass is 28.4. The van der Waals surface area contributed by atoms with Gasteiger partial charge in [0, 0.05) is 6.42 Å². The lowest BCUT2D eigenvalue weighted by Crippen LogP contribution is -2.71. The number of hydrogen-bond donors (Lipinski definition) is 1. The largest absolute Gasteiger partial charge is 0.468 e. The van der Waals surface area contributed by atoms with Crippen LogP contribution in [0.4, 0.5) is 4.79 Å². The van der Waals surface area contributed by atoms with Crippen LogP contribution in [-0.4, -0.2) is 51.0 Å². The van der Waals surface area contributed by atoms with Gasteiger partial charge in [0.15, 0.2) is 14.1 Å². The maximum absolute atomic E-state index is 13.0. The number of esters is 1. The first-order valence-corrected chi connectivity index (χ1v) is 12.5. The number of alkyl carbamates (subject to hydrolysis) is 1. The molecular weight excluding hydrogens is 390 g/mol. The van der Waals surface area contributed by atoms with Crippen molar-refractivity contribution in [3.8, 4) is 0 Å². The van der Waals surface area contributed by atoms with Crippen LogP contribution in [0.25, 0.3) is 0 Å². The minimum absolute atomic E-state index is 0.0410. The smallest absolute Gasteiger partial charge is 0.408 e. The standard InChI is InChI=1S/C21H39NO6Si/c1-13(2)29(14(3)4,15(5)6)27-12-21(22-19(25)28-20(7,8)9)11-16(17(21)23)18(24)26-10/h13-16H,11-12H2,1-10H3,(H,22,25)/t16?,21-/m0/s1. The first-order valence-electron chi connectivity index (χ1n) is 10.4. The van der Waals surface area contributed by atoms with Gasteiger partial charge in [0.1, 0.15) is 17.1 Å². The predicted molar refractivity (Wildman–Crippen MR) is 114 cm³/mol. The average Bonchev–Trinajstić information content (AvgIpc) is 2.55. The van der Waals surface area contributed by atoms with Gasteiger partial charge in [-0.3, -0.25) is 9.59 Å². The van der Waals surface area contributed by atoms with E-state index in [2.05, 4.69) is 46.9 Å². The second kappa shape index (κ2) is 9.16. The van der Waals surface area contributed by atoms with Crippen molar-refractivity contribution < 1.29 is 28.3 Å². The highest BCUT2D eigenvalue weighted by molar-refractivity contribution is 6.77. The van der Waals surface area contributed by atoms with Crippen LogP contribution in [0.15, 0.2) is 0 Å². The van der Waals surface area contributed by atoms with Crippen LogP contribution in [0, 0.1) is 5.92 Å². The quantitative estimate of drug-likeness (QED) is 0.353. The summed E-state index contributed by atoms with van der Waals surface area (Å²) in [4.78, 5) is 37.3. The van der Waals surface area contributed by atoms with E-state index in [0.29, 0.717) is 16.6 Å². The SMILES string of the molecule is COC(=O)C1C[C@@](CO[Si](C(C)C)(C(C)C)C(C)C)(NC(=O)OC(C)(C)C)C1=O. The van der Waals surface area contributed by atoms with Crippen LogP contribution in [0.1, 0.15) is 68.7 Å². The molecule has 7 nitrogen and oxygen atoms in total. The number of methoxy groups -OCH3 is 1. The third kappa shape index (κ3) is 5.39. The second-order valence-corrected chi connectivity index (χ2v) is 15.4. The molecule has 2 atom stereocenters. The second-order valence-electron chi connectivity index (χ2n) is 9.96. The van der Waals surface area contributed by atoms with E-state index in [4.69, 9.17) is 13.9 Å². The zero-order valence-corrected chi connectivity index (χ0v) is 20.7. The van der Waals surface area contributed by atoms with Gasteiger partial charge in [0.05, 0.1) is 13.7 Å². The Kier molecular flexibility index (Phi) is 8.10. The molecule has 8 heteroatoms. The van der Waals surface area contributed by atoms with E-state index in [1.165, 1.54) is 7.11 Å². The Bertz CT molecular complexity index is 603. The summed E-state index contributed by atoms with van der Waals surface area (Å²) in [7, 11) is -1.01. The molecule has 0 aliphatic heterocycles. The lowest BCUT2D eigenvalue weighted by Gasteiger charge is -2.49. The lowest BCUT2D eigenvalue weighted by atomic mass is 9.67. The van der Waals surface area contributed by atoms with Gasteiger partial charge < -0.3 is 19.2 Å². The number of ether oxygens (including phenoxy) is 2. The number of nitrogens with one attached hydrogen (secondary N) is 1. The summed E-state index contributed by atoms with van der Waals surface area (Å²) < 4.78 is 16.7. The van der Waals surface area contributed by atoms with Crippen molar-refractivity contribution in [2.75, 3.05) is 13.7 Å². The maximum atomic E-state index is 13.0. The predicted octanol–water partition coefficient (Wildman–Crippen LogP) is 4.20. The molecule has 0 aromatic heterocycles. The van der Waals surface area contributed by atoms with Crippen LogP contribution in [0.5, 0.6) is 0 Å². The van der Waals surface area contributed by atoms with E-state index in [-0.39, 0.29) is 18.8 Å². The average molecular weight is 430 g/mol. The van der Waals surface area contributed by atoms with Crippen molar-refractivity contribution in [2.45, 2.75) is 96.5 Å². The van der Waals surface area contributed by atoms with E-state index in [1.807, 2.05) is 0 Å². The van der Waals surface area contributed by atoms with Gasteiger partial charge >= 0.3 is 12.1 Å². The van der Waals surface area contributed by atoms with Crippen LogP contribution >= 0.6 is 0 Å². The molecule has 1 rings (SSSR count). The zero-order chi connectivity index (χ0) is 22.8. The van der Waals surface area contributed by atoms with Crippen LogP contribution in [0.3, 0.4) is 0 Å². The summed E-state index contributed by atoms with van der Waals surface area (Å²) in [5.74, 6) is -1.85. The Morgan fingerprint density at radius 3 is 1.93 bits per heavy atom. The van der Waals surface area contributed by atoms with E-state index in [0.717, 1.165) is 0 Å². The Morgan fingerprint density at radius 1 is 1.10 bits per heavy atom. The normalized spacial score (nSPS) is 22.7. The molecule has 0 heterocycles. The van der Waals surface area contributed by atoms with Crippen molar-refractivity contribution in [3.05, 3.63) is 0 Å². The summed E-state index contributed by atoms with van der Waals surface area (Å²) in [6.07, 6.45) is -0.542. The van der Waals surface area contributed by atoms with Crippen molar-refractivity contribution in [1.82, 2.24) is 5.32 Å². The fraction of sp³-hybridized carbons (Fsp3) is 0.857. The van der Waals surface area contributed by atoms with Crippen molar-refractivity contribution >= 4 is 26.2 Å². The lowest BCUT2D eigenvalue weighted by molar-refractivity contribution is -0.161. The molecule has 1 aliphatic rings. The molecule has 29 heavy (non-hydrogen) atoms. The molecule has 0 aromatic carbocycles. The van der Waals surface area contributed by atoms with Crippen molar-refractivity contribution in [3.63, 3.8) is 0 Å². The number of carbonyl (C=O) groups is 3. The van der Waals surface area contributed by atoms with Gasteiger partial charge in [-0.15, -0.1) is 0 Å². The molecule has 0 aromatic rings. The summed E-state index contributed by atoms with van der Waals surface area (Å²) in [6.45, 7) is 18.2. The van der Waals surface area contributed by atoms with Gasteiger partial charge in [-0.2, -0.15) is 0 Å². The number of hydrogen-bond acceptors (Lipinski definition) is 6. The first kappa shape index (κ1) is 25.6. The summed E-state index contributed by atoms with van der Waals surface area (Å²) in [5.41, 5.74) is -0.988. The molecule has 1 amide bonds. The Morgan fingerprint density at radius 2 is 1.59 bits per heavy atom. The van der Waals surface area contributed by atoms with Gasteiger partial charge in [0.25, 0.3) is 0 Å². The number of Topliss-reactive ketones (excluding diaryl/α,β-unsaturated/α-hetero) is 1. The van der Waals surface area contributed by atoms with Crippen molar-refractivity contribution in [2.24, 2.45) is 5.92 Å². The van der Waals surface area contributed by atoms with Gasteiger partial charge in [-0.05, 0) is 37.4 Å². The van der Waals surface area contributed by atoms with Crippen LogP contribution < -0.4 is 5.32 Å². The first-order chi connectivity index (χ1) is 13.1. The van der Waals surface area contributed by atoms with Crippen LogP contribution in [0.2, 0.25) is 16.6 Å². The molecule has 1 aliphatic carbocycles. The van der Waals surface area contributed by atoms with Gasteiger partial charge in [0.2, 0.25) is 0 Å². The topological polar surface area (TPSA) is 90.9 Å². The summed E-state index contributed by atoms with van der Waals surface area (Å²) in [6, 6.07) is 0. The van der Waals surface area contributed by atoms with Crippen molar-refractivity contribution in [1.29, 1.82) is 0 Å². The monoisotopic (exact) mass is 429 g/mol. The molecule has 1 fully saturated rings. The van der Waals surface area contributed by atoms with Gasteiger partial charge in [-0.25, -0.2) is 4.79 Å². The number of carbonyl (C=O) groups excluding carboxylic acids is 3. The Balaban J connectivity index is 3.15. The third-order valence-electron chi connectivity index (χ3n) is 5.84. The molecule has 1 N–H and O–H groups in total. The van der Waals surface area contributed by atoms with Crippen LogP contribution in [-0.2, 0) is 23.5 Å². The molecule has 0 bridgehead atoms. The number of ketones is 1. The molecule has 0 radical (unpaired) electrons. The fourth-order valence-corrected chi connectivity index (χ4v) is 10.1. The molecule has 1 saturated carbocycles. The van der Waals surface area contributed by atoms with E-state index >= 15 is 0 Å². The minimum atomic E-state index is -2.27. The molecule has 168 valence electrons. The minimum Gasteiger partial charge on any atom is -0.468 e.